The quantitative estimate of drug-likeness (QED) is 0.892. The third-order valence-electron chi connectivity index (χ3n) is 3.67. The Morgan fingerprint density at radius 1 is 1.25 bits per heavy atom. The third kappa shape index (κ3) is 5.08. The number of piperidine rings is 1. The Labute approximate surface area is 130 Å². The van der Waals surface area contributed by atoms with E-state index in [1.165, 1.54) is 6.42 Å². The minimum atomic E-state index is -0.434. The highest BCUT2D eigenvalue weighted by Crippen LogP contribution is 2.21. The van der Waals surface area contributed by atoms with Gasteiger partial charge in [0.1, 0.15) is 18.5 Å². The second-order valence-corrected chi connectivity index (χ2v) is 7.00. The maximum atomic E-state index is 10.1. The van der Waals surface area contributed by atoms with Crippen molar-refractivity contribution < 1.29 is 9.84 Å². The molecule has 2 rings (SSSR count). The summed E-state index contributed by atoms with van der Waals surface area (Å²) in [6.07, 6.45) is 0.860. The molecule has 112 valence electrons. The largest absolute Gasteiger partial charge is 0.491 e. The number of likely N-dealkylation sites (tertiary alicyclic amines) is 1. The van der Waals surface area contributed by atoms with Crippen molar-refractivity contribution in [2.75, 3.05) is 26.2 Å². The normalized spacial score (nSPS) is 25.4. The SMILES string of the molecule is C[C@H]1C[C@H](C)CN(C[C@@H](O)COc2ccc(Br)cc2)C1. The fraction of sp³-hybridized carbons (Fsp3) is 0.625. The standard InChI is InChI=1S/C16H24BrNO2/c1-12-7-13(2)9-18(8-12)10-15(19)11-20-16-5-3-14(17)4-6-16/h3-6,12-13,15,19H,7-11H2,1-2H3/t12-,13-,15+/m0/s1. The number of aliphatic hydroxyl groups excluding tert-OH is 1. The Hall–Kier alpha value is -0.580. The van der Waals surface area contributed by atoms with Gasteiger partial charge in [-0.3, -0.25) is 0 Å². The molecule has 0 bridgehead atoms. The minimum absolute atomic E-state index is 0.348. The molecule has 1 aromatic rings. The van der Waals surface area contributed by atoms with Crippen molar-refractivity contribution in [1.29, 1.82) is 0 Å². The maximum absolute atomic E-state index is 10.1. The van der Waals surface area contributed by atoms with E-state index in [0.717, 1.165) is 35.1 Å². The van der Waals surface area contributed by atoms with Crippen molar-refractivity contribution in [2.45, 2.75) is 26.4 Å². The Morgan fingerprint density at radius 2 is 1.85 bits per heavy atom. The van der Waals surface area contributed by atoms with Crippen LogP contribution in [0, 0.1) is 11.8 Å². The molecule has 0 aromatic heterocycles. The summed E-state index contributed by atoms with van der Waals surface area (Å²) in [5.74, 6) is 2.24. The summed E-state index contributed by atoms with van der Waals surface area (Å²) >= 11 is 3.39. The monoisotopic (exact) mass is 341 g/mol. The first-order chi connectivity index (χ1) is 9.52. The van der Waals surface area contributed by atoms with Crippen molar-refractivity contribution in [2.24, 2.45) is 11.8 Å². The lowest BCUT2D eigenvalue weighted by Gasteiger charge is -2.35. The average molecular weight is 342 g/mol. The number of hydrogen-bond acceptors (Lipinski definition) is 3. The van der Waals surface area contributed by atoms with E-state index in [9.17, 15) is 5.11 Å². The second kappa shape index (κ2) is 7.43. The number of hydrogen-bond donors (Lipinski definition) is 1. The zero-order valence-electron chi connectivity index (χ0n) is 12.3. The smallest absolute Gasteiger partial charge is 0.119 e. The van der Waals surface area contributed by atoms with Crippen LogP contribution in [-0.2, 0) is 0 Å². The lowest BCUT2D eigenvalue weighted by Crippen LogP contribution is -2.43. The molecular formula is C16H24BrNO2. The maximum Gasteiger partial charge on any atom is 0.119 e. The van der Waals surface area contributed by atoms with Crippen LogP contribution in [0.2, 0.25) is 0 Å². The molecule has 1 aromatic carbocycles. The van der Waals surface area contributed by atoms with Crippen LogP contribution in [0.3, 0.4) is 0 Å². The molecule has 0 radical (unpaired) electrons. The number of aliphatic hydroxyl groups is 1. The minimum Gasteiger partial charge on any atom is -0.491 e. The summed E-state index contributed by atoms with van der Waals surface area (Å²) in [6.45, 7) is 7.78. The Kier molecular flexibility index (Phi) is 5.87. The van der Waals surface area contributed by atoms with E-state index in [-0.39, 0.29) is 0 Å². The van der Waals surface area contributed by atoms with Gasteiger partial charge >= 0.3 is 0 Å². The lowest BCUT2D eigenvalue weighted by molar-refractivity contribution is 0.0429. The van der Waals surface area contributed by atoms with Crippen molar-refractivity contribution in [3.8, 4) is 5.75 Å². The fourth-order valence-electron chi connectivity index (χ4n) is 3.02. The number of β-amino-alcohol motifs (C(OH)–C–C–N with tert-alkyl or cyclic N) is 1. The van der Waals surface area contributed by atoms with E-state index in [1.807, 2.05) is 24.3 Å². The Balaban J connectivity index is 1.74. The highest BCUT2D eigenvalue weighted by Gasteiger charge is 2.23. The molecule has 0 spiro atoms. The summed E-state index contributed by atoms with van der Waals surface area (Å²) in [5.41, 5.74) is 0. The predicted octanol–water partition coefficient (Wildman–Crippen LogP) is 3.17. The van der Waals surface area contributed by atoms with Gasteiger partial charge in [0.05, 0.1) is 0 Å². The van der Waals surface area contributed by atoms with Gasteiger partial charge in [0.15, 0.2) is 0 Å². The van der Waals surface area contributed by atoms with Crippen molar-refractivity contribution >= 4 is 15.9 Å². The molecule has 1 N–H and O–H groups in total. The second-order valence-electron chi connectivity index (χ2n) is 6.08. The van der Waals surface area contributed by atoms with Gasteiger partial charge in [0, 0.05) is 24.1 Å². The molecule has 3 atom stereocenters. The van der Waals surface area contributed by atoms with Gasteiger partial charge in [-0.05, 0) is 42.5 Å². The fourth-order valence-corrected chi connectivity index (χ4v) is 3.28. The molecule has 1 heterocycles. The summed E-state index contributed by atoms with van der Waals surface area (Å²) in [5, 5.41) is 10.1. The molecular weight excluding hydrogens is 318 g/mol. The molecule has 1 aliphatic heterocycles. The number of nitrogens with zero attached hydrogens (tertiary/aromatic N) is 1. The number of rotatable bonds is 5. The van der Waals surface area contributed by atoms with Gasteiger partial charge < -0.3 is 14.7 Å². The topological polar surface area (TPSA) is 32.7 Å². The van der Waals surface area contributed by atoms with Crippen LogP contribution >= 0.6 is 15.9 Å². The molecule has 3 nitrogen and oxygen atoms in total. The molecule has 1 saturated heterocycles. The van der Waals surface area contributed by atoms with Gasteiger partial charge in [0.2, 0.25) is 0 Å². The van der Waals surface area contributed by atoms with E-state index in [1.54, 1.807) is 0 Å². The van der Waals surface area contributed by atoms with Gasteiger partial charge in [0.25, 0.3) is 0 Å². The van der Waals surface area contributed by atoms with Gasteiger partial charge in [-0.1, -0.05) is 29.8 Å². The zero-order chi connectivity index (χ0) is 14.5. The van der Waals surface area contributed by atoms with E-state index in [2.05, 4.69) is 34.7 Å². The van der Waals surface area contributed by atoms with E-state index < -0.39 is 6.10 Å². The number of benzene rings is 1. The molecule has 0 amide bonds. The lowest BCUT2D eigenvalue weighted by atomic mass is 9.92. The van der Waals surface area contributed by atoms with Crippen molar-refractivity contribution in [1.82, 2.24) is 4.90 Å². The Morgan fingerprint density at radius 3 is 2.45 bits per heavy atom. The molecule has 0 unspecified atom stereocenters. The highest BCUT2D eigenvalue weighted by atomic mass is 79.9. The van der Waals surface area contributed by atoms with Gasteiger partial charge in [-0.25, -0.2) is 0 Å². The predicted molar refractivity (Wildman–Crippen MR) is 85.0 cm³/mol. The zero-order valence-corrected chi connectivity index (χ0v) is 13.8. The molecule has 0 saturated carbocycles. The first-order valence-electron chi connectivity index (χ1n) is 7.31. The average Bonchev–Trinajstić information content (AvgIpc) is 2.37. The third-order valence-corrected chi connectivity index (χ3v) is 4.20. The molecule has 1 fully saturated rings. The Bertz CT molecular complexity index is 399. The first-order valence-corrected chi connectivity index (χ1v) is 8.11. The van der Waals surface area contributed by atoms with Crippen LogP contribution in [0.5, 0.6) is 5.75 Å². The van der Waals surface area contributed by atoms with Crippen LogP contribution in [0.4, 0.5) is 0 Å². The van der Waals surface area contributed by atoms with Crippen LogP contribution in [0.1, 0.15) is 20.3 Å². The number of halogens is 1. The molecule has 20 heavy (non-hydrogen) atoms. The van der Waals surface area contributed by atoms with E-state index in [4.69, 9.17) is 4.74 Å². The summed E-state index contributed by atoms with van der Waals surface area (Å²) in [4.78, 5) is 2.36. The van der Waals surface area contributed by atoms with Crippen molar-refractivity contribution in [3.05, 3.63) is 28.7 Å². The molecule has 4 heteroatoms. The van der Waals surface area contributed by atoms with Gasteiger partial charge in [-0.2, -0.15) is 0 Å². The summed E-state index contributed by atoms with van der Waals surface area (Å²) in [7, 11) is 0. The van der Waals surface area contributed by atoms with Crippen LogP contribution in [-0.4, -0.2) is 42.4 Å². The van der Waals surface area contributed by atoms with E-state index in [0.29, 0.717) is 13.2 Å². The van der Waals surface area contributed by atoms with Gasteiger partial charge in [-0.15, -0.1) is 0 Å². The first kappa shape index (κ1) is 15.8. The van der Waals surface area contributed by atoms with Crippen molar-refractivity contribution in [3.63, 3.8) is 0 Å². The molecule has 0 aliphatic carbocycles. The van der Waals surface area contributed by atoms with Crippen LogP contribution in [0.15, 0.2) is 28.7 Å². The summed E-state index contributed by atoms with van der Waals surface area (Å²) < 4.78 is 6.65. The van der Waals surface area contributed by atoms with Crippen LogP contribution < -0.4 is 4.74 Å². The van der Waals surface area contributed by atoms with E-state index >= 15 is 0 Å². The van der Waals surface area contributed by atoms with Crippen LogP contribution in [0.25, 0.3) is 0 Å². The molecule has 1 aliphatic rings. The highest BCUT2D eigenvalue weighted by molar-refractivity contribution is 9.10. The number of ether oxygens (including phenoxy) is 1. The summed E-state index contributed by atoms with van der Waals surface area (Å²) in [6, 6.07) is 7.69.